The number of nitrogens with two attached hydrogens (primary N) is 1. The van der Waals surface area contributed by atoms with Gasteiger partial charge in [-0.1, -0.05) is 13.3 Å². The molecule has 0 aromatic heterocycles. The smallest absolute Gasteiger partial charge is 0.303 e. The van der Waals surface area contributed by atoms with Crippen LogP contribution in [0.15, 0.2) is 0 Å². The summed E-state index contributed by atoms with van der Waals surface area (Å²) >= 11 is 0. The quantitative estimate of drug-likeness (QED) is 0.610. The first-order valence-corrected chi connectivity index (χ1v) is 3.93. The summed E-state index contributed by atoms with van der Waals surface area (Å²) in [5.74, 6) is -0.744. The second-order valence-electron chi connectivity index (χ2n) is 2.69. The van der Waals surface area contributed by atoms with Crippen LogP contribution in [0.4, 0.5) is 0 Å². The molecule has 0 saturated carbocycles. The van der Waals surface area contributed by atoms with Crippen molar-refractivity contribution >= 4 is 5.97 Å². The average Bonchev–Trinajstić information content (AvgIpc) is 1.87. The van der Waals surface area contributed by atoms with Crippen molar-refractivity contribution in [1.29, 1.82) is 0 Å². The summed E-state index contributed by atoms with van der Waals surface area (Å²) in [6, 6.07) is 0.131. The molecular weight excluding hydrogens is 142 g/mol. The molecule has 0 spiro atoms. The van der Waals surface area contributed by atoms with Gasteiger partial charge in [-0.05, 0) is 19.3 Å². The van der Waals surface area contributed by atoms with Gasteiger partial charge in [0, 0.05) is 12.5 Å². The number of aliphatic carboxylic acids is 1. The Morgan fingerprint density at radius 2 is 2.18 bits per heavy atom. The number of hydrogen-bond acceptors (Lipinski definition) is 2. The van der Waals surface area contributed by atoms with Gasteiger partial charge >= 0.3 is 5.97 Å². The van der Waals surface area contributed by atoms with Gasteiger partial charge in [0.2, 0.25) is 0 Å². The van der Waals surface area contributed by atoms with Crippen LogP contribution in [0.25, 0.3) is 0 Å². The van der Waals surface area contributed by atoms with E-state index in [4.69, 9.17) is 10.8 Å². The lowest BCUT2D eigenvalue weighted by Gasteiger charge is -2.07. The fraction of sp³-hybridized carbons (Fsp3) is 0.750. The molecule has 0 amide bonds. The molecule has 3 N–H and O–H groups in total. The lowest BCUT2D eigenvalue weighted by atomic mass is 10.1. The Labute approximate surface area is 67.6 Å². The zero-order chi connectivity index (χ0) is 8.69. The van der Waals surface area contributed by atoms with E-state index in [2.05, 4.69) is 6.92 Å². The summed E-state index contributed by atoms with van der Waals surface area (Å²) in [4.78, 5) is 10.1. The molecule has 1 atom stereocenters. The third-order valence-electron chi connectivity index (χ3n) is 1.54. The van der Waals surface area contributed by atoms with E-state index in [0.717, 1.165) is 19.3 Å². The van der Waals surface area contributed by atoms with Crippen LogP contribution in [0.1, 0.15) is 32.1 Å². The minimum atomic E-state index is -0.744. The van der Waals surface area contributed by atoms with Gasteiger partial charge < -0.3 is 10.8 Å². The highest BCUT2D eigenvalue weighted by Gasteiger charge is 2.02. The average molecular weight is 158 g/mol. The van der Waals surface area contributed by atoms with Crippen molar-refractivity contribution in [2.45, 2.75) is 38.1 Å². The molecule has 0 aliphatic rings. The summed E-state index contributed by atoms with van der Waals surface area (Å²) in [7, 11) is 0. The topological polar surface area (TPSA) is 63.3 Å². The van der Waals surface area contributed by atoms with Crippen molar-refractivity contribution in [2.24, 2.45) is 5.73 Å². The predicted octanol–water partition coefficient (Wildman–Crippen LogP) is 1.18. The van der Waals surface area contributed by atoms with Crippen LogP contribution in [0.5, 0.6) is 0 Å². The zero-order valence-corrected chi connectivity index (χ0v) is 6.75. The van der Waals surface area contributed by atoms with E-state index in [1.54, 1.807) is 0 Å². The molecule has 65 valence electrons. The molecule has 0 heterocycles. The summed E-state index contributed by atoms with van der Waals surface area (Å²) in [6.45, 7) is 3.67. The summed E-state index contributed by atoms with van der Waals surface area (Å²) in [6.07, 6.45) is 3.41. The standard InChI is InChI=1S/C8H16NO2/c1-2-4-7(9)5-3-6-8(10)11/h7H,1-6,9H2,(H,10,11). The van der Waals surface area contributed by atoms with Crippen LogP contribution in [0.3, 0.4) is 0 Å². The second kappa shape index (κ2) is 6.16. The maximum Gasteiger partial charge on any atom is 0.303 e. The van der Waals surface area contributed by atoms with Crippen LogP contribution in [0.2, 0.25) is 0 Å². The lowest BCUT2D eigenvalue weighted by molar-refractivity contribution is -0.137. The second-order valence-corrected chi connectivity index (χ2v) is 2.69. The van der Waals surface area contributed by atoms with Crippen molar-refractivity contribution in [3.63, 3.8) is 0 Å². The van der Waals surface area contributed by atoms with Gasteiger partial charge in [0.05, 0.1) is 0 Å². The van der Waals surface area contributed by atoms with E-state index < -0.39 is 5.97 Å². The molecule has 3 heteroatoms. The molecule has 0 aliphatic heterocycles. The highest BCUT2D eigenvalue weighted by molar-refractivity contribution is 5.66. The maximum absolute atomic E-state index is 10.1. The highest BCUT2D eigenvalue weighted by atomic mass is 16.4. The summed E-state index contributed by atoms with van der Waals surface area (Å²) < 4.78 is 0. The Balaban J connectivity index is 3.16. The number of hydrogen-bond donors (Lipinski definition) is 2. The minimum Gasteiger partial charge on any atom is -0.481 e. The Hall–Kier alpha value is -0.570. The highest BCUT2D eigenvalue weighted by Crippen LogP contribution is 2.03. The van der Waals surface area contributed by atoms with Crippen LogP contribution in [0, 0.1) is 6.92 Å². The molecule has 0 aliphatic carbocycles. The molecule has 1 radical (unpaired) electrons. The molecule has 3 nitrogen and oxygen atoms in total. The Bertz CT molecular complexity index is 115. The molecule has 0 rings (SSSR count). The van der Waals surface area contributed by atoms with Gasteiger partial charge in [0.1, 0.15) is 0 Å². The van der Waals surface area contributed by atoms with E-state index in [-0.39, 0.29) is 12.5 Å². The molecule has 0 saturated heterocycles. The molecule has 1 unspecified atom stereocenters. The van der Waals surface area contributed by atoms with Crippen molar-refractivity contribution in [3.8, 4) is 0 Å². The minimum absolute atomic E-state index is 0.131. The molecule has 11 heavy (non-hydrogen) atoms. The SMILES string of the molecule is [CH2]CCC(N)CCCC(=O)O. The van der Waals surface area contributed by atoms with Gasteiger partial charge in [-0.3, -0.25) is 4.79 Å². The summed E-state index contributed by atoms with van der Waals surface area (Å²) in [5.41, 5.74) is 5.64. The number of carboxylic acids is 1. The molecule has 0 aromatic rings. The van der Waals surface area contributed by atoms with Crippen LogP contribution < -0.4 is 5.73 Å². The van der Waals surface area contributed by atoms with E-state index in [9.17, 15) is 4.79 Å². The largest absolute Gasteiger partial charge is 0.481 e. The predicted molar refractivity (Wildman–Crippen MR) is 44.1 cm³/mol. The zero-order valence-electron chi connectivity index (χ0n) is 6.75. The Morgan fingerprint density at radius 3 is 2.64 bits per heavy atom. The van der Waals surface area contributed by atoms with Crippen molar-refractivity contribution < 1.29 is 9.90 Å². The fourth-order valence-electron chi connectivity index (χ4n) is 0.922. The van der Waals surface area contributed by atoms with E-state index in [1.807, 2.05) is 0 Å². The number of carboxylic acid groups (broad SMARTS) is 1. The van der Waals surface area contributed by atoms with E-state index in [1.165, 1.54) is 0 Å². The van der Waals surface area contributed by atoms with Crippen molar-refractivity contribution in [2.75, 3.05) is 0 Å². The molecular formula is C8H16NO2. The first kappa shape index (κ1) is 10.4. The normalized spacial score (nSPS) is 12.9. The molecule has 0 aromatic carbocycles. The van der Waals surface area contributed by atoms with Gasteiger partial charge in [0.25, 0.3) is 0 Å². The Morgan fingerprint density at radius 1 is 1.55 bits per heavy atom. The van der Waals surface area contributed by atoms with Gasteiger partial charge in [-0.25, -0.2) is 0 Å². The van der Waals surface area contributed by atoms with Crippen LogP contribution in [-0.2, 0) is 4.79 Å². The fourth-order valence-corrected chi connectivity index (χ4v) is 0.922. The molecule has 0 bridgehead atoms. The number of rotatable bonds is 6. The third kappa shape index (κ3) is 7.33. The van der Waals surface area contributed by atoms with Crippen molar-refractivity contribution in [1.82, 2.24) is 0 Å². The first-order valence-electron chi connectivity index (χ1n) is 3.93. The third-order valence-corrected chi connectivity index (χ3v) is 1.54. The summed E-state index contributed by atoms with van der Waals surface area (Å²) in [5, 5.41) is 8.30. The first-order chi connectivity index (χ1) is 5.16. The van der Waals surface area contributed by atoms with Gasteiger partial charge in [-0.15, -0.1) is 0 Å². The van der Waals surface area contributed by atoms with E-state index >= 15 is 0 Å². The van der Waals surface area contributed by atoms with Gasteiger partial charge in [0.15, 0.2) is 0 Å². The monoisotopic (exact) mass is 158 g/mol. The lowest BCUT2D eigenvalue weighted by Crippen LogP contribution is -2.19. The van der Waals surface area contributed by atoms with E-state index in [0.29, 0.717) is 6.42 Å². The Kier molecular flexibility index (Phi) is 5.84. The number of carbonyl (C=O) groups is 1. The molecule has 0 fully saturated rings. The van der Waals surface area contributed by atoms with Gasteiger partial charge in [-0.2, -0.15) is 0 Å². The van der Waals surface area contributed by atoms with Crippen molar-refractivity contribution in [3.05, 3.63) is 6.92 Å². The van der Waals surface area contributed by atoms with Crippen LogP contribution >= 0.6 is 0 Å². The van der Waals surface area contributed by atoms with Crippen LogP contribution in [-0.4, -0.2) is 17.1 Å². The maximum atomic E-state index is 10.1.